The number of nitrogens with two attached hydrogens (primary N) is 1. The Morgan fingerprint density at radius 2 is 2.12 bits per heavy atom. The number of hydrogen-bond donors (Lipinski definition) is 1. The number of thiophene rings is 1. The van der Waals surface area contributed by atoms with Crippen molar-refractivity contribution < 1.29 is 4.74 Å². The van der Waals surface area contributed by atoms with Gasteiger partial charge in [-0.2, -0.15) is 4.98 Å². The van der Waals surface area contributed by atoms with Crippen molar-refractivity contribution in [3.8, 4) is 0 Å². The van der Waals surface area contributed by atoms with Crippen molar-refractivity contribution >= 4 is 33.3 Å². The molecular formula is C10H12N4OS. The Bertz CT molecular complexity index is 506. The van der Waals surface area contributed by atoms with Gasteiger partial charge in [0.25, 0.3) is 0 Å². The monoisotopic (exact) mass is 236 g/mol. The number of nitrogen functional groups attached to an aromatic ring is 1. The van der Waals surface area contributed by atoms with E-state index in [-0.39, 0.29) is 0 Å². The lowest BCUT2D eigenvalue weighted by Crippen LogP contribution is -2.37. The molecule has 0 spiro atoms. The van der Waals surface area contributed by atoms with E-state index in [4.69, 9.17) is 10.5 Å². The molecule has 5 nitrogen and oxygen atoms in total. The van der Waals surface area contributed by atoms with Crippen molar-refractivity contribution in [2.24, 2.45) is 0 Å². The molecule has 1 aliphatic heterocycles. The predicted molar refractivity (Wildman–Crippen MR) is 64.9 cm³/mol. The van der Waals surface area contributed by atoms with E-state index in [0.717, 1.165) is 36.5 Å². The molecule has 3 rings (SSSR count). The highest BCUT2D eigenvalue weighted by atomic mass is 32.1. The zero-order chi connectivity index (χ0) is 11.0. The molecule has 2 aromatic heterocycles. The number of hydrogen-bond acceptors (Lipinski definition) is 6. The van der Waals surface area contributed by atoms with Crippen molar-refractivity contribution in [2.45, 2.75) is 0 Å². The SMILES string of the molecule is Nc1nc(N2CCOCC2)nc2ccsc12. The van der Waals surface area contributed by atoms with Crippen molar-refractivity contribution in [1.82, 2.24) is 9.97 Å². The molecule has 2 aromatic rings. The number of rotatable bonds is 1. The summed E-state index contributed by atoms with van der Waals surface area (Å²) < 4.78 is 6.27. The number of fused-ring (bicyclic) bond motifs is 1. The van der Waals surface area contributed by atoms with Crippen molar-refractivity contribution in [3.05, 3.63) is 11.4 Å². The summed E-state index contributed by atoms with van der Waals surface area (Å²) in [5.41, 5.74) is 6.84. The summed E-state index contributed by atoms with van der Waals surface area (Å²) in [6.45, 7) is 3.11. The predicted octanol–water partition coefficient (Wildman–Crippen LogP) is 1.11. The quantitative estimate of drug-likeness (QED) is 0.803. The Morgan fingerprint density at radius 3 is 2.94 bits per heavy atom. The lowest BCUT2D eigenvalue weighted by Gasteiger charge is -2.26. The van der Waals surface area contributed by atoms with Gasteiger partial charge in [0, 0.05) is 13.1 Å². The minimum absolute atomic E-state index is 0.571. The molecule has 0 atom stereocenters. The van der Waals surface area contributed by atoms with Crippen LogP contribution in [0, 0.1) is 0 Å². The zero-order valence-electron chi connectivity index (χ0n) is 8.72. The number of anilines is 2. The van der Waals surface area contributed by atoms with Gasteiger partial charge in [-0.3, -0.25) is 0 Å². The van der Waals surface area contributed by atoms with E-state index in [2.05, 4.69) is 14.9 Å². The van der Waals surface area contributed by atoms with Gasteiger partial charge >= 0.3 is 0 Å². The first-order valence-electron chi connectivity index (χ1n) is 5.18. The first-order chi connectivity index (χ1) is 7.84. The van der Waals surface area contributed by atoms with Gasteiger partial charge < -0.3 is 15.4 Å². The molecule has 1 saturated heterocycles. The van der Waals surface area contributed by atoms with Crippen LogP contribution in [-0.2, 0) is 4.74 Å². The van der Waals surface area contributed by atoms with Crippen LogP contribution in [0.4, 0.5) is 11.8 Å². The van der Waals surface area contributed by atoms with Gasteiger partial charge in [-0.05, 0) is 11.4 Å². The third-order valence-electron chi connectivity index (χ3n) is 2.61. The van der Waals surface area contributed by atoms with Gasteiger partial charge in [0.15, 0.2) is 0 Å². The van der Waals surface area contributed by atoms with Gasteiger partial charge in [-0.1, -0.05) is 0 Å². The second kappa shape index (κ2) is 3.88. The first-order valence-corrected chi connectivity index (χ1v) is 6.06. The maximum absolute atomic E-state index is 5.91. The molecule has 1 aliphatic rings. The summed E-state index contributed by atoms with van der Waals surface area (Å²) >= 11 is 1.58. The smallest absolute Gasteiger partial charge is 0.228 e. The van der Waals surface area contributed by atoms with Crippen LogP contribution in [0.3, 0.4) is 0 Å². The van der Waals surface area contributed by atoms with Gasteiger partial charge in [0.2, 0.25) is 5.95 Å². The second-order valence-electron chi connectivity index (χ2n) is 3.64. The Balaban J connectivity index is 2.02. The first kappa shape index (κ1) is 9.80. The second-order valence-corrected chi connectivity index (χ2v) is 4.56. The molecule has 0 bridgehead atoms. The molecule has 0 aromatic carbocycles. The summed E-state index contributed by atoms with van der Waals surface area (Å²) in [7, 11) is 0. The molecule has 3 heterocycles. The van der Waals surface area contributed by atoms with Crippen molar-refractivity contribution in [2.75, 3.05) is 36.9 Å². The fourth-order valence-corrected chi connectivity index (χ4v) is 2.51. The Kier molecular flexibility index (Phi) is 2.37. The maximum Gasteiger partial charge on any atom is 0.228 e. The molecule has 84 valence electrons. The summed E-state index contributed by atoms with van der Waals surface area (Å²) in [6, 6.07) is 1.97. The molecule has 0 unspecified atom stereocenters. The Hall–Kier alpha value is -1.40. The van der Waals surface area contributed by atoms with Crippen LogP contribution in [0.2, 0.25) is 0 Å². The highest BCUT2D eigenvalue weighted by molar-refractivity contribution is 7.17. The van der Waals surface area contributed by atoms with Crippen LogP contribution >= 0.6 is 11.3 Å². The fraction of sp³-hybridized carbons (Fsp3) is 0.400. The minimum atomic E-state index is 0.571. The number of aromatic nitrogens is 2. The van der Waals surface area contributed by atoms with Crippen LogP contribution in [0.5, 0.6) is 0 Å². The fourth-order valence-electron chi connectivity index (χ4n) is 1.78. The molecule has 2 N–H and O–H groups in total. The third kappa shape index (κ3) is 1.60. The van der Waals surface area contributed by atoms with E-state index >= 15 is 0 Å². The van der Waals surface area contributed by atoms with Gasteiger partial charge in [0.05, 0.1) is 23.4 Å². The standard InChI is InChI=1S/C10H12N4OS/c11-9-8-7(1-6-16-8)12-10(13-9)14-2-4-15-5-3-14/h1,6H,2-5H2,(H2,11,12,13). The highest BCUT2D eigenvalue weighted by Gasteiger charge is 2.15. The van der Waals surface area contributed by atoms with E-state index in [1.54, 1.807) is 11.3 Å². The van der Waals surface area contributed by atoms with Crippen LogP contribution in [-0.4, -0.2) is 36.3 Å². The van der Waals surface area contributed by atoms with Gasteiger partial charge in [-0.15, -0.1) is 11.3 Å². The summed E-state index contributed by atoms with van der Waals surface area (Å²) in [4.78, 5) is 11.0. The minimum Gasteiger partial charge on any atom is -0.382 e. The van der Waals surface area contributed by atoms with Crippen LogP contribution in [0.25, 0.3) is 10.2 Å². The van der Waals surface area contributed by atoms with Crippen molar-refractivity contribution in [3.63, 3.8) is 0 Å². The zero-order valence-corrected chi connectivity index (χ0v) is 9.54. The Morgan fingerprint density at radius 1 is 1.31 bits per heavy atom. The van der Waals surface area contributed by atoms with E-state index in [9.17, 15) is 0 Å². The lowest BCUT2D eigenvalue weighted by molar-refractivity contribution is 0.122. The van der Waals surface area contributed by atoms with Crippen LogP contribution in [0.15, 0.2) is 11.4 Å². The van der Waals surface area contributed by atoms with E-state index in [1.807, 2.05) is 11.4 Å². The topological polar surface area (TPSA) is 64.3 Å². The van der Waals surface area contributed by atoms with Crippen LogP contribution in [0.1, 0.15) is 0 Å². The average Bonchev–Trinajstić information content (AvgIpc) is 2.79. The average molecular weight is 236 g/mol. The molecule has 0 radical (unpaired) electrons. The van der Waals surface area contributed by atoms with Gasteiger partial charge in [-0.25, -0.2) is 4.98 Å². The lowest BCUT2D eigenvalue weighted by atomic mass is 10.4. The normalized spacial score (nSPS) is 16.9. The van der Waals surface area contributed by atoms with E-state index < -0.39 is 0 Å². The maximum atomic E-state index is 5.91. The molecule has 1 fully saturated rings. The summed E-state index contributed by atoms with van der Waals surface area (Å²) in [5, 5.41) is 1.98. The largest absolute Gasteiger partial charge is 0.382 e. The number of morpholine rings is 1. The summed E-state index contributed by atoms with van der Waals surface area (Å²) in [5.74, 6) is 1.29. The number of nitrogens with zero attached hydrogens (tertiary/aromatic N) is 3. The molecule has 16 heavy (non-hydrogen) atoms. The third-order valence-corrected chi connectivity index (χ3v) is 3.54. The molecular weight excluding hydrogens is 224 g/mol. The van der Waals surface area contributed by atoms with E-state index in [0.29, 0.717) is 11.8 Å². The van der Waals surface area contributed by atoms with Gasteiger partial charge in [0.1, 0.15) is 5.82 Å². The molecule has 0 amide bonds. The summed E-state index contributed by atoms with van der Waals surface area (Å²) in [6.07, 6.45) is 0. The van der Waals surface area contributed by atoms with E-state index in [1.165, 1.54) is 0 Å². The molecule has 0 aliphatic carbocycles. The van der Waals surface area contributed by atoms with Crippen LogP contribution < -0.4 is 10.6 Å². The Labute approximate surface area is 96.9 Å². The number of ether oxygens (including phenoxy) is 1. The van der Waals surface area contributed by atoms with Crippen molar-refractivity contribution in [1.29, 1.82) is 0 Å². The molecule has 0 saturated carbocycles. The highest BCUT2D eigenvalue weighted by Crippen LogP contribution is 2.26. The molecule has 6 heteroatoms.